The third-order valence-electron chi connectivity index (χ3n) is 1.22. The zero-order valence-electron chi connectivity index (χ0n) is 7.41. The molecule has 0 aliphatic carbocycles. The van der Waals surface area contributed by atoms with E-state index in [0.717, 1.165) is 6.42 Å². The first kappa shape index (κ1) is 10.4. The first-order chi connectivity index (χ1) is 5.35. The maximum Gasteiger partial charge on any atom is 0.176 e. The third-order valence-corrected chi connectivity index (χ3v) is 1.22. The third kappa shape index (κ3) is 5.83. The van der Waals surface area contributed by atoms with Gasteiger partial charge in [0.05, 0.1) is 0 Å². The van der Waals surface area contributed by atoms with Gasteiger partial charge in [0.15, 0.2) is 6.29 Å². The summed E-state index contributed by atoms with van der Waals surface area (Å²) in [6.07, 6.45) is 8.64. The molecular weight excluding hydrogens is 140 g/mol. The van der Waals surface area contributed by atoms with E-state index in [4.69, 9.17) is 9.47 Å². The standard InChI is InChI=1S/C9H16O2/c1-4-5-6-7-8-9(10-2)11-3/h5-9H,4H2,1-3H3/b6-5+,8-7+. The Labute approximate surface area is 68.5 Å². The average Bonchev–Trinajstić information content (AvgIpc) is 2.05. The molecule has 0 N–H and O–H groups in total. The highest BCUT2D eigenvalue weighted by Crippen LogP contribution is 1.93. The first-order valence-corrected chi connectivity index (χ1v) is 3.74. The summed E-state index contributed by atoms with van der Waals surface area (Å²) in [7, 11) is 3.23. The lowest BCUT2D eigenvalue weighted by Gasteiger charge is -2.06. The molecule has 2 heteroatoms. The summed E-state index contributed by atoms with van der Waals surface area (Å²) in [5.74, 6) is 0. The zero-order chi connectivity index (χ0) is 8.53. The predicted molar refractivity (Wildman–Crippen MR) is 46.4 cm³/mol. The molecule has 0 aromatic heterocycles. The molecule has 0 fully saturated rings. The molecule has 0 bridgehead atoms. The van der Waals surface area contributed by atoms with Gasteiger partial charge >= 0.3 is 0 Å². The molecule has 0 spiro atoms. The monoisotopic (exact) mass is 156 g/mol. The average molecular weight is 156 g/mol. The molecule has 0 unspecified atom stereocenters. The number of ether oxygens (including phenoxy) is 2. The maximum absolute atomic E-state index is 4.94. The fraction of sp³-hybridized carbons (Fsp3) is 0.556. The van der Waals surface area contributed by atoms with Crippen LogP contribution in [-0.2, 0) is 9.47 Å². The van der Waals surface area contributed by atoms with Crippen molar-refractivity contribution in [2.24, 2.45) is 0 Å². The summed E-state index contributed by atoms with van der Waals surface area (Å²) in [6.45, 7) is 2.09. The molecule has 0 saturated heterocycles. The Morgan fingerprint density at radius 1 is 1.18 bits per heavy atom. The van der Waals surface area contributed by atoms with Crippen LogP contribution < -0.4 is 0 Å². The van der Waals surface area contributed by atoms with Crippen LogP contribution in [0.2, 0.25) is 0 Å². The van der Waals surface area contributed by atoms with Crippen molar-refractivity contribution in [1.82, 2.24) is 0 Å². The molecule has 64 valence electrons. The molecule has 0 heterocycles. The molecule has 0 aromatic rings. The molecule has 0 saturated carbocycles. The Hall–Kier alpha value is -0.600. The fourth-order valence-corrected chi connectivity index (χ4v) is 0.623. The minimum absolute atomic E-state index is 0.225. The zero-order valence-corrected chi connectivity index (χ0v) is 7.41. The van der Waals surface area contributed by atoms with Crippen molar-refractivity contribution in [3.63, 3.8) is 0 Å². The van der Waals surface area contributed by atoms with Gasteiger partial charge in [-0.15, -0.1) is 0 Å². The Balaban J connectivity index is 3.61. The second kappa shape index (κ2) is 7.51. The molecule has 2 nitrogen and oxygen atoms in total. The van der Waals surface area contributed by atoms with Crippen molar-refractivity contribution in [2.75, 3.05) is 14.2 Å². The van der Waals surface area contributed by atoms with Crippen LogP contribution in [-0.4, -0.2) is 20.5 Å². The summed E-state index contributed by atoms with van der Waals surface area (Å²) in [6, 6.07) is 0. The summed E-state index contributed by atoms with van der Waals surface area (Å²) in [4.78, 5) is 0. The Kier molecular flexibility index (Phi) is 7.10. The van der Waals surface area contributed by atoms with Gasteiger partial charge in [-0.1, -0.05) is 25.2 Å². The highest BCUT2D eigenvalue weighted by molar-refractivity contribution is 5.03. The van der Waals surface area contributed by atoms with Crippen molar-refractivity contribution < 1.29 is 9.47 Å². The molecule has 0 amide bonds. The highest BCUT2D eigenvalue weighted by Gasteiger charge is 1.94. The van der Waals surface area contributed by atoms with Gasteiger partial charge in [-0.25, -0.2) is 0 Å². The lowest BCUT2D eigenvalue weighted by atomic mass is 10.4. The van der Waals surface area contributed by atoms with Gasteiger partial charge in [0, 0.05) is 14.2 Å². The normalized spacial score (nSPS) is 12.4. The largest absolute Gasteiger partial charge is 0.352 e. The number of methoxy groups -OCH3 is 2. The van der Waals surface area contributed by atoms with Crippen LogP contribution in [0.1, 0.15) is 13.3 Å². The van der Waals surface area contributed by atoms with Crippen LogP contribution in [0, 0.1) is 0 Å². The van der Waals surface area contributed by atoms with Crippen LogP contribution in [0.3, 0.4) is 0 Å². The summed E-state index contributed by atoms with van der Waals surface area (Å²) in [5.41, 5.74) is 0. The van der Waals surface area contributed by atoms with Gasteiger partial charge in [-0.3, -0.25) is 0 Å². The number of hydrogen-bond acceptors (Lipinski definition) is 2. The highest BCUT2D eigenvalue weighted by atomic mass is 16.7. The number of allylic oxidation sites excluding steroid dienone is 3. The van der Waals surface area contributed by atoms with E-state index in [1.165, 1.54) is 0 Å². The molecular formula is C9H16O2. The van der Waals surface area contributed by atoms with Crippen LogP contribution in [0.5, 0.6) is 0 Å². The van der Waals surface area contributed by atoms with Gasteiger partial charge in [0.25, 0.3) is 0 Å². The minimum atomic E-state index is -0.225. The Morgan fingerprint density at radius 3 is 2.27 bits per heavy atom. The van der Waals surface area contributed by atoms with Gasteiger partial charge < -0.3 is 9.47 Å². The molecule has 0 radical (unpaired) electrons. The Bertz CT molecular complexity index is 124. The summed E-state index contributed by atoms with van der Waals surface area (Å²) >= 11 is 0. The predicted octanol–water partition coefficient (Wildman–Crippen LogP) is 2.13. The van der Waals surface area contributed by atoms with Gasteiger partial charge in [-0.05, 0) is 12.5 Å². The maximum atomic E-state index is 4.94. The Morgan fingerprint density at radius 2 is 1.82 bits per heavy atom. The summed E-state index contributed by atoms with van der Waals surface area (Å²) in [5, 5.41) is 0. The summed E-state index contributed by atoms with van der Waals surface area (Å²) < 4.78 is 9.87. The van der Waals surface area contributed by atoms with E-state index in [1.54, 1.807) is 14.2 Å². The lowest BCUT2D eigenvalue weighted by molar-refractivity contribution is -0.0666. The SMILES string of the molecule is CC/C=C/C=C/C(OC)OC. The molecule has 11 heavy (non-hydrogen) atoms. The minimum Gasteiger partial charge on any atom is -0.352 e. The van der Waals surface area contributed by atoms with Gasteiger partial charge in [0.1, 0.15) is 0 Å². The van der Waals surface area contributed by atoms with Crippen LogP contribution in [0.4, 0.5) is 0 Å². The number of rotatable bonds is 5. The van der Waals surface area contributed by atoms with E-state index in [9.17, 15) is 0 Å². The van der Waals surface area contributed by atoms with Crippen molar-refractivity contribution >= 4 is 0 Å². The number of hydrogen-bond donors (Lipinski definition) is 0. The topological polar surface area (TPSA) is 18.5 Å². The van der Waals surface area contributed by atoms with E-state index < -0.39 is 0 Å². The molecule has 0 aromatic carbocycles. The second-order valence-corrected chi connectivity index (χ2v) is 2.06. The van der Waals surface area contributed by atoms with Crippen LogP contribution in [0.15, 0.2) is 24.3 Å². The van der Waals surface area contributed by atoms with Crippen molar-refractivity contribution in [3.8, 4) is 0 Å². The van der Waals surface area contributed by atoms with Crippen LogP contribution in [0.25, 0.3) is 0 Å². The van der Waals surface area contributed by atoms with E-state index in [2.05, 4.69) is 13.0 Å². The lowest BCUT2D eigenvalue weighted by Crippen LogP contribution is -2.08. The molecule has 0 aliphatic heterocycles. The first-order valence-electron chi connectivity index (χ1n) is 3.74. The van der Waals surface area contributed by atoms with Crippen LogP contribution >= 0.6 is 0 Å². The molecule has 0 atom stereocenters. The van der Waals surface area contributed by atoms with E-state index in [0.29, 0.717) is 0 Å². The van der Waals surface area contributed by atoms with Gasteiger partial charge in [-0.2, -0.15) is 0 Å². The smallest absolute Gasteiger partial charge is 0.176 e. The van der Waals surface area contributed by atoms with Crippen molar-refractivity contribution in [1.29, 1.82) is 0 Å². The van der Waals surface area contributed by atoms with Crippen molar-refractivity contribution in [3.05, 3.63) is 24.3 Å². The van der Waals surface area contributed by atoms with Crippen molar-refractivity contribution in [2.45, 2.75) is 19.6 Å². The van der Waals surface area contributed by atoms with E-state index in [-0.39, 0.29) is 6.29 Å². The van der Waals surface area contributed by atoms with E-state index >= 15 is 0 Å². The molecule has 0 rings (SSSR count). The van der Waals surface area contributed by atoms with Gasteiger partial charge in [0.2, 0.25) is 0 Å². The second-order valence-electron chi connectivity index (χ2n) is 2.06. The quantitative estimate of drug-likeness (QED) is 0.448. The van der Waals surface area contributed by atoms with E-state index in [1.807, 2.05) is 18.2 Å². The fourth-order valence-electron chi connectivity index (χ4n) is 0.623. The molecule has 0 aliphatic rings.